The summed E-state index contributed by atoms with van der Waals surface area (Å²) in [4.78, 5) is 16.8. The van der Waals surface area contributed by atoms with Gasteiger partial charge in [0.15, 0.2) is 0 Å². The van der Waals surface area contributed by atoms with Crippen LogP contribution in [-0.2, 0) is 6.42 Å². The fraction of sp³-hybridized carbons (Fsp3) is 0.526. The Balaban J connectivity index is 1.72. The zero-order chi connectivity index (χ0) is 17.1. The molecule has 1 aromatic heterocycles. The predicted octanol–water partition coefficient (Wildman–Crippen LogP) is 4.57. The van der Waals surface area contributed by atoms with Crippen LogP contribution in [0.15, 0.2) is 18.2 Å². The van der Waals surface area contributed by atoms with E-state index in [9.17, 15) is 9.90 Å². The molecule has 0 radical (unpaired) electrons. The minimum atomic E-state index is -0.933. The number of rotatable bonds is 6. The van der Waals surface area contributed by atoms with Crippen molar-refractivity contribution in [2.45, 2.75) is 39.0 Å². The highest BCUT2D eigenvalue weighted by Crippen LogP contribution is 2.29. The second-order valence-electron chi connectivity index (χ2n) is 6.86. The summed E-state index contributed by atoms with van der Waals surface area (Å²) in [5.41, 5.74) is 2.28. The number of unbranched alkanes of at least 4 members (excludes halogenated alkanes) is 1. The van der Waals surface area contributed by atoms with Crippen LogP contribution < -0.4 is 0 Å². The van der Waals surface area contributed by atoms with Crippen LogP contribution in [0.1, 0.15) is 48.7 Å². The van der Waals surface area contributed by atoms with Crippen molar-refractivity contribution >= 4 is 28.5 Å². The third kappa shape index (κ3) is 3.93. The molecule has 2 aromatic rings. The van der Waals surface area contributed by atoms with Gasteiger partial charge in [0.05, 0.1) is 0 Å². The first kappa shape index (κ1) is 17.3. The van der Waals surface area contributed by atoms with Crippen LogP contribution in [0.25, 0.3) is 10.9 Å². The first-order valence-electron chi connectivity index (χ1n) is 8.83. The lowest BCUT2D eigenvalue weighted by Crippen LogP contribution is -2.34. The van der Waals surface area contributed by atoms with Gasteiger partial charge in [0.25, 0.3) is 0 Å². The standard InChI is InChI=1S/C19H25ClN2O2/c1-2-3-6-22-7-4-13(5-8-22)9-14-10-16(20)11-15-12-17(19(23)24)21-18(14)15/h10-13,21H,2-9H2,1H3,(H,23,24). The second-order valence-corrected chi connectivity index (χ2v) is 7.30. The van der Waals surface area contributed by atoms with Crippen molar-refractivity contribution in [2.24, 2.45) is 5.92 Å². The van der Waals surface area contributed by atoms with Crippen molar-refractivity contribution in [3.8, 4) is 0 Å². The maximum absolute atomic E-state index is 11.2. The van der Waals surface area contributed by atoms with Crippen LogP contribution in [-0.4, -0.2) is 40.6 Å². The molecule has 1 fully saturated rings. The van der Waals surface area contributed by atoms with E-state index in [0.717, 1.165) is 22.9 Å². The smallest absolute Gasteiger partial charge is 0.352 e. The number of hydrogen-bond donors (Lipinski definition) is 2. The van der Waals surface area contributed by atoms with E-state index < -0.39 is 5.97 Å². The number of H-pyrrole nitrogens is 1. The topological polar surface area (TPSA) is 56.3 Å². The van der Waals surface area contributed by atoms with Crippen LogP contribution in [0.2, 0.25) is 5.02 Å². The highest BCUT2D eigenvalue weighted by atomic mass is 35.5. The first-order chi connectivity index (χ1) is 11.6. The van der Waals surface area contributed by atoms with E-state index in [1.165, 1.54) is 45.3 Å². The number of benzene rings is 1. The van der Waals surface area contributed by atoms with E-state index in [-0.39, 0.29) is 5.69 Å². The molecule has 1 aliphatic rings. The number of aromatic amines is 1. The van der Waals surface area contributed by atoms with E-state index in [2.05, 4.69) is 16.8 Å². The van der Waals surface area contributed by atoms with Crippen molar-refractivity contribution in [3.05, 3.63) is 34.5 Å². The Bertz CT molecular complexity index is 717. The largest absolute Gasteiger partial charge is 0.477 e. The number of halogens is 1. The Morgan fingerprint density at radius 3 is 2.75 bits per heavy atom. The molecule has 0 saturated carbocycles. The molecule has 0 amide bonds. The van der Waals surface area contributed by atoms with E-state index in [1.54, 1.807) is 6.07 Å². The SMILES string of the molecule is CCCCN1CCC(Cc2cc(Cl)cc3cc(C(=O)O)[nH]c23)CC1. The van der Waals surface area contributed by atoms with Gasteiger partial charge in [-0.05, 0) is 75.0 Å². The lowest BCUT2D eigenvalue weighted by Gasteiger charge is -2.32. The van der Waals surface area contributed by atoms with Gasteiger partial charge in [-0.15, -0.1) is 0 Å². The van der Waals surface area contributed by atoms with E-state index >= 15 is 0 Å². The summed E-state index contributed by atoms with van der Waals surface area (Å²) in [6, 6.07) is 5.48. The van der Waals surface area contributed by atoms with Crippen LogP contribution in [0.3, 0.4) is 0 Å². The van der Waals surface area contributed by atoms with Crippen molar-refractivity contribution in [1.82, 2.24) is 9.88 Å². The average Bonchev–Trinajstić information content (AvgIpc) is 2.98. The molecule has 130 valence electrons. The number of aromatic nitrogens is 1. The number of carbonyl (C=O) groups is 1. The molecule has 1 saturated heterocycles. The number of likely N-dealkylation sites (tertiary alicyclic amines) is 1. The fourth-order valence-electron chi connectivity index (χ4n) is 3.66. The molecule has 0 spiro atoms. The number of piperidine rings is 1. The molecule has 0 unspecified atom stereocenters. The molecule has 4 nitrogen and oxygen atoms in total. The molecule has 24 heavy (non-hydrogen) atoms. The van der Waals surface area contributed by atoms with Gasteiger partial charge >= 0.3 is 5.97 Å². The quantitative estimate of drug-likeness (QED) is 0.803. The van der Waals surface area contributed by atoms with E-state index in [4.69, 9.17) is 11.6 Å². The molecular weight excluding hydrogens is 324 g/mol. The predicted molar refractivity (Wildman–Crippen MR) is 98.0 cm³/mol. The summed E-state index contributed by atoms with van der Waals surface area (Å²) < 4.78 is 0. The van der Waals surface area contributed by atoms with Crippen molar-refractivity contribution < 1.29 is 9.90 Å². The summed E-state index contributed by atoms with van der Waals surface area (Å²) in [5, 5.41) is 10.8. The van der Waals surface area contributed by atoms with E-state index in [1.807, 2.05) is 12.1 Å². The van der Waals surface area contributed by atoms with Gasteiger partial charge in [-0.3, -0.25) is 0 Å². The van der Waals surface area contributed by atoms with Gasteiger partial charge in [-0.1, -0.05) is 24.9 Å². The number of nitrogens with zero attached hydrogens (tertiary/aromatic N) is 1. The van der Waals surface area contributed by atoms with Crippen LogP contribution in [0.5, 0.6) is 0 Å². The molecule has 1 aliphatic heterocycles. The van der Waals surface area contributed by atoms with Gasteiger partial charge in [-0.25, -0.2) is 4.79 Å². The molecule has 2 heterocycles. The Labute approximate surface area is 147 Å². The molecular formula is C19H25ClN2O2. The number of hydrogen-bond acceptors (Lipinski definition) is 2. The molecule has 3 rings (SSSR count). The lowest BCUT2D eigenvalue weighted by atomic mass is 9.89. The monoisotopic (exact) mass is 348 g/mol. The number of aromatic carboxylic acids is 1. The minimum Gasteiger partial charge on any atom is -0.477 e. The molecule has 0 bridgehead atoms. The van der Waals surface area contributed by atoms with Crippen LogP contribution in [0, 0.1) is 5.92 Å². The van der Waals surface area contributed by atoms with Crippen LogP contribution in [0.4, 0.5) is 0 Å². The maximum atomic E-state index is 11.2. The van der Waals surface area contributed by atoms with Gasteiger partial charge < -0.3 is 15.0 Å². The Morgan fingerprint density at radius 2 is 2.08 bits per heavy atom. The average molecular weight is 349 g/mol. The molecule has 1 aromatic carbocycles. The summed E-state index contributed by atoms with van der Waals surface area (Å²) in [6.45, 7) is 5.78. The van der Waals surface area contributed by atoms with Gasteiger partial charge in [-0.2, -0.15) is 0 Å². The third-order valence-corrected chi connectivity index (χ3v) is 5.27. The lowest BCUT2D eigenvalue weighted by molar-refractivity contribution is 0.0691. The Morgan fingerprint density at radius 1 is 1.33 bits per heavy atom. The van der Waals surface area contributed by atoms with Crippen molar-refractivity contribution in [2.75, 3.05) is 19.6 Å². The summed E-state index contributed by atoms with van der Waals surface area (Å²) in [6.07, 6.45) is 5.88. The molecule has 5 heteroatoms. The fourth-order valence-corrected chi connectivity index (χ4v) is 3.91. The second kappa shape index (κ2) is 7.58. The number of carboxylic acid groups (broad SMARTS) is 1. The zero-order valence-electron chi connectivity index (χ0n) is 14.1. The summed E-state index contributed by atoms with van der Waals surface area (Å²) in [7, 11) is 0. The molecule has 0 aliphatic carbocycles. The molecule has 2 N–H and O–H groups in total. The first-order valence-corrected chi connectivity index (χ1v) is 9.21. The highest BCUT2D eigenvalue weighted by molar-refractivity contribution is 6.31. The van der Waals surface area contributed by atoms with E-state index in [0.29, 0.717) is 10.9 Å². The zero-order valence-corrected chi connectivity index (χ0v) is 14.9. The molecule has 0 atom stereocenters. The highest BCUT2D eigenvalue weighted by Gasteiger charge is 2.21. The number of fused-ring (bicyclic) bond motifs is 1. The van der Waals surface area contributed by atoms with Gasteiger partial charge in [0.1, 0.15) is 5.69 Å². The normalized spacial score (nSPS) is 16.8. The Kier molecular flexibility index (Phi) is 5.47. The number of nitrogens with one attached hydrogen (secondary N) is 1. The van der Waals surface area contributed by atoms with Crippen molar-refractivity contribution in [3.63, 3.8) is 0 Å². The van der Waals surface area contributed by atoms with Gasteiger partial charge in [0, 0.05) is 15.9 Å². The van der Waals surface area contributed by atoms with Crippen LogP contribution >= 0.6 is 11.6 Å². The van der Waals surface area contributed by atoms with Crippen molar-refractivity contribution in [1.29, 1.82) is 0 Å². The third-order valence-electron chi connectivity index (χ3n) is 5.05. The summed E-state index contributed by atoms with van der Waals surface area (Å²) in [5.74, 6) is -0.293. The Hall–Kier alpha value is -1.52. The minimum absolute atomic E-state index is 0.225. The summed E-state index contributed by atoms with van der Waals surface area (Å²) >= 11 is 6.24. The maximum Gasteiger partial charge on any atom is 0.352 e. The number of carboxylic acids is 1. The van der Waals surface area contributed by atoms with Gasteiger partial charge in [0.2, 0.25) is 0 Å².